The van der Waals surface area contributed by atoms with Crippen LogP contribution < -0.4 is 21.1 Å². The van der Waals surface area contributed by atoms with E-state index >= 15 is 0 Å². The van der Waals surface area contributed by atoms with E-state index < -0.39 is 11.9 Å². The number of methoxy groups -OCH3 is 1. The molecule has 0 aliphatic carbocycles. The highest BCUT2D eigenvalue weighted by molar-refractivity contribution is 6.06. The molecule has 2 heterocycles. The average molecular weight is 412 g/mol. The number of rotatable bonds is 5. The van der Waals surface area contributed by atoms with Gasteiger partial charge in [-0.2, -0.15) is 0 Å². The van der Waals surface area contributed by atoms with Gasteiger partial charge in [-0.15, -0.1) is 0 Å². The number of primary amides is 1. The fourth-order valence-corrected chi connectivity index (χ4v) is 3.35. The van der Waals surface area contributed by atoms with E-state index in [2.05, 4.69) is 20.2 Å². The van der Waals surface area contributed by atoms with E-state index in [1.165, 1.54) is 13.3 Å². The summed E-state index contributed by atoms with van der Waals surface area (Å²) in [5, 5.41) is 5.01. The van der Waals surface area contributed by atoms with Gasteiger partial charge in [0, 0.05) is 29.9 Å². The molecule has 1 aliphatic heterocycles. The zero-order valence-electron chi connectivity index (χ0n) is 17.1. The Labute approximate surface area is 173 Å². The molecule has 1 aromatic heterocycles. The maximum Gasteiger partial charge on any atom is 0.319 e. The van der Waals surface area contributed by atoms with Crippen molar-refractivity contribution in [2.45, 2.75) is 19.4 Å². The van der Waals surface area contributed by atoms with Gasteiger partial charge in [-0.25, -0.2) is 9.78 Å². The van der Waals surface area contributed by atoms with Gasteiger partial charge in [0.25, 0.3) is 11.8 Å². The first kappa shape index (κ1) is 21.2. The predicted molar refractivity (Wildman–Crippen MR) is 109 cm³/mol. The summed E-state index contributed by atoms with van der Waals surface area (Å²) in [6, 6.07) is 3.95. The van der Waals surface area contributed by atoms with E-state index in [1.807, 2.05) is 12.4 Å². The standard InChI is InChI=1S/C20H24N6O4/c1-11-9-22-16(17(23-11)19(28)25-20(21)29)14-5-4-12(8-15(14)30-3)18(27)24-13-6-7-26(2)10-13/h4-5,8-9,13H,6-7,10H2,1-3H3,(H,24,27)(H3,21,25,28,29)/t13-/m1/s1. The van der Waals surface area contributed by atoms with Gasteiger partial charge in [-0.05, 0) is 45.1 Å². The molecule has 1 atom stereocenters. The van der Waals surface area contributed by atoms with Crippen LogP contribution in [0.5, 0.6) is 5.75 Å². The SMILES string of the molecule is COc1cc(C(=O)N[C@@H]2CCN(C)C2)ccc1-c1ncc(C)nc1C(=O)NC(N)=O. The number of likely N-dealkylation sites (N-methyl/N-ethyl adjacent to an activating group) is 1. The number of aryl methyl sites for hydroxylation is 1. The third-order valence-electron chi connectivity index (χ3n) is 4.79. The normalized spacial score (nSPS) is 16.2. The second-order valence-electron chi connectivity index (χ2n) is 7.16. The minimum Gasteiger partial charge on any atom is -0.496 e. The zero-order chi connectivity index (χ0) is 21.8. The molecule has 4 amide bonds. The number of urea groups is 1. The van der Waals surface area contributed by atoms with Gasteiger partial charge in [-0.3, -0.25) is 19.9 Å². The molecular formula is C20H24N6O4. The van der Waals surface area contributed by atoms with Crippen molar-refractivity contribution in [2.24, 2.45) is 5.73 Å². The van der Waals surface area contributed by atoms with Crippen LogP contribution in [0.3, 0.4) is 0 Å². The van der Waals surface area contributed by atoms with Crippen molar-refractivity contribution >= 4 is 17.8 Å². The molecule has 0 spiro atoms. The highest BCUT2D eigenvalue weighted by atomic mass is 16.5. The van der Waals surface area contributed by atoms with Gasteiger partial charge >= 0.3 is 6.03 Å². The molecule has 158 valence electrons. The van der Waals surface area contributed by atoms with Crippen LogP contribution >= 0.6 is 0 Å². The minimum atomic E-state index is -0.995. The molecule has 1 fully saturated rings. The number of likely N-dealkylation sites (tertiary alicyclic amines) is 1. The number of benzene rings is 1. The lowest BCUT2D eigenvalue weighted by molar-refractivity contribution is 0.0934. The van der Waals surface area contributed by atoms with E-state index in [1.54, 1.807) is 25.1 Å². The van der Waals surface area contributed by atoms with Crippen molar-refractivity contribution < 1.29 is 19.1 Å². The smallest absolute Gasteiger partial charge is 0.319 e. The molecule has 2 aromatic rings. The van der Waals surface area contributed by atoms with Gasteiger partial charge in [0.15, 0.2) is 5.69 Å². The number of amides is 4. The van der Waals surface area contributed by atoms with E-state index in [-0.39, 0.29) is 23.3 Å². The summed E-state index contributed by atoms with van der Waals surface area (Å²) in [5.41, 5.74) is 6.56. The first-order valence-electron chi connectivity index (χ1n) is 9.40. The minimum absolute atomic E-state index is 0.0710. The Morgan fingerprint density at radius 3 is 2.67 bits per heavy atom. The highest BCUT2D eigenvalue weighted by Crippen LogP contribution is 2.31. The lowest BCUT2D eigenvalue weighted by Gasteiger charge is -2.15. The van der Waals surface area contributed by atoms with Crippen LogP contribution in [0.25, 0.3) is 11.3 Å². The van der Waals surface area contributed by atoms with Crippen LogP contribution in [-0.2, 0) is 0 Å². The van der Waals surface area contributed by atoms with E-state index in [9.17, 15) is 14.4 Å². The summed E-state index contributed by atoms with van der Waals surface area (Å²) in [6.45, 7) is 3.41. The van der Waals surface area contributed by atoms with E-state index in [0.29, 0.717) is 22.6 Å². The molecule has 0 bridgehead atoms. The van der Waals surface area contributed by atoms with Crippen LogP contribution in [0.1, 0.15) is 33.0 Å². The second kappa shape index (κ2) is 8.87. The molecule has 1 aromatic carbocycles. The molecule has 10 heteroatoms. The number of imide groups is 1. The first-order chi connectivity index (χ1) is 14.3. The Bertz CT molecular complexity index is 993. The fraction of sp³-hybridized carbons (Fsp3) is 0.350. The number of carbonyl (C=O) groups is 3. The van der Waals surface area contributed by atoms with Gasteiger partial charge in [-0.1, -0.05) is 0 Å². The predicted octanol–water partition coefficient (Wildman–Crippen LogP) is 0.703. The van der Waals surface area contributed by atoms with Gasteiger partial charge in [0.1, 0.15) is 11.4 Å². The Morgan fingerprint density at radius 2 is 2.03 bits per heavy atom. The Hall–Kier alpha value is -3.53. The maximum absolute atomic E-state index is 12.6. The van der Waals surface area contributed by atoms with Crippen LogP contribution in [0, 0.1) is 6.92 Å². The quantitative estimate of drug-likeness (QED) is 0.657. The number of aromatic nitrogens is 2. The topological polar surface area (TPSA) is 140 Å². The molecule has 1 aliphatic rings. The summed E-state index contributed by atoms with van der Waals surface area (Å²) in [5.74, 6) is -0.637. The number of hydrogen-bond donors (Lipinski definition) is 3. The third-order valence-corrected chi connectivity index (χ3v) is 4.79. The van der Waals surface area contributed by atoms with Crippen molar-refractivity contribution in [3.05, 3.63) is 41.3 Å². The first-order valence-corrected chi connectivity index (χ1v) is 9.40. The van der Waals surface area contributed by atoms with Crippen LogP contribution in [0.15, 0.2) is 24.4 Å². The van der Waals surface area contributed by atoms with Gasteiger partial charge in [0.2, 0.25) is 0 Å². The summed E-state index contributed by atoms with van der Waals surface area (Å²) in [6.07, 6.45) is 2.39. The third kappa shape index (κ3) is 4.71. The number of hydrogen-bond acceptors (Lipinski definition) is 7. The van der Waals surface area contributed by atoms with Crippen molar-refractivity contribution in [1.29, 1.82) is 0 Å². The molecule has 0 radical (unpaired) electrons. The molecule has 1 saturated heterocycles. The van der Waals surface area contributed by atoms with Crippen LogP contribution in [0.2, 0.25) is 0 Å². The number of nitrogens with two attached hydrogens (primary N) is 1. The number of nitrogens with zero attached hydrogens (tertiary/aromatic N) is 3. The van der Waals surface area contributed by atoms with Crippen molar-refractivity contribution in [1.82, 2.24) is 25.5 Å². The number of carbonyl (C=O) groups excluding carboxylic acids is 3. The molecule has 4 N–H and O–H groups in total. The molecule has 3 rings (SSSR count). The molecular weight excluding hydrogens is 388 g/mol. The van der Waals surface area contributed by atoms with E-state index in [0.717, 1.165) is 19.5 Å². The maximum atomic E-state index is 12.6. The lowest BCUT2D eigenvalue weighted by atomic mass is 10.0. The molecule has 0 unspecified atom stereocenters. The average Bonchev–Trinajstić information content (AvgIpc) is 3.11. The van der Waals surface area contributed by atoms with Gasteiger partial charge < -0.3 is 20.7 Å². The number of ether oxygens (including phenoxy) is 1. The molecule has 10 nitrogen and oxygen atoms in total. The van der Waals surface area contributed by atoms with Crippen LogP contribution in [0.4, 0.5) is 4.79 Å². The van der Waals surface area contributed by atoms with Crippen LogP contribution in [-0.4, -0.2) is 66.0 Å². The summed E-state index contributed by atoms with van der Waals surface area (Å²) in [7, 11) is 3.47. The number of nitrogens with one attached hydrogen (secondary N) is 2. The fourth-order valence-electron chi connectivity index (χ4n) is 3.35. The Morgan fingerprint density at radius 1 is 1.27 bits per heavy atom. The second-order valence-corrected chi connectivity index (χ2v) is 7.16. The summed E-state index contributed by atoms with van der Waals surface area (Å²) in [4.78, 5) is 46.7. The molecule has 0 saturated carbocycles. The van der Waals surface area contributed by atoms with Crippen molar-refractivity contribution in [3.63, 3.8) is 0 Å². The van der Waals surface area contributed by atoms with Gasteiger partial charge in [0.05, 0.1) is 12.8 Å². The van der Waals surface area contributed by atoms with E-state index in [4.69, 9.17) is 10.5 Å². The lowest BCUT2D eigenvalue weighted by Crippen LogP contribution is -2.36. The highest BCUT2D eigenvalue weighted by Gasteiger charge is 2.24. The Balaban J connectivity index is 1.93. The van der Waals surface area contributed by atoms with Crippen molar-refractivity contribution in [3.8, 4) is 17.0 Å². The monoisotopic (exact) mass is 412 g/mol. The Kier molecular flexibility index (Phi) is 6.26. The largest absolute Gasteiger partial charge is 0.496 e. The summed E-state index contributed by atoms with van der Waals surface area (Å²) >= 11 is 0. The summed E-state index contributed by atoms with van der Waals surface area (Å²) < 4.78 is 5.44. The molecule has 30 heavy (non-hydrogen) atoms. The zero-order valence-corrected chi connectivity index (χ0v) is 17.1. The van der Waals surface area contributed by atoms with Crippen molar-refractivity contribution in [2.75, 3.05) is 27.2 Å².